The average Bonchev–Trinajstić information content (AvgIpc) is 3.06. The average molecular weight is 359 g/mol. The molecule has 1 aromatic heterocycles. The molecule has 0 aliphatic carbocycles. The van der Waals surface area contributed by atoms with Crippen LogP contribution < -0.4 is 0 Å². The first-order valence-electron chi connectivity index (χ1n) is 8.10. The Morgan fingerprint density at radius 2 is 1.88 bits per heavy atom. The standard InChI is InChI=1S/C20H22FNO4/c1-5-6-14-26-20(24-3,25-4)19(23)18-17(21)12-13-22(18)15(2)16-10-8-7-9-11-16/h7-13,15H,14H2,1-4H3/t15-/m1/s1. The van der Waals surface area contributed by atoms with Crippen molar-refractivity contribution < 1.29 is 23.4 Å². The summed E-state index contributed by atoms with van der Waals surface area (Å²) in [4.78, 5) is 13.1. The molecule has 0 amide bonds. The lowest BCUT2D eigenvalue weighted by Crippen LogP contribution is -2.47. The van der Waals surface area contributed by atoms with Gasteiger partial charge >= 0.3 is 5.97 Å². The zero-order chi connectivity index (χ0) is 19.2. The van der Waals surface area contributed by atoms with Crippen LogP contribution >= 0.6 is 0 Å². The van der Waals surface area contributed by atoms with Crippen LogP contribution in [0.5, 0.6) is 0 Å². The van der Waals surface area contributed by atoms with Gasteiger partial charge in [0.1, 0.15) is 12.3 Å². The lowest BCUT2D eigenvalue weighted by molar-refractivity contribution is -0.318. The molecule has 0 bridgehead atoms. The molecule has 2 rings (SSSR count). The Balaban J connectivity index is 2.44. The summed E-state index contributed by atoms with van der Waals surface area (Å²) in [5.74, 6) is 1.79. The number of ether oxygens (including phenoxy) is 3. The Morgan fingerprint density at radius 3 is 2.46 bits per heavy atom. The van der Waals surface area contributed by atoms with Gasteiger partial charge in [-0.3, -0.25) is 4.79 Å². The number of carbonyl (C=O) groups is 1. The highest BCUT2D eigenvalue weighted by molar-refractivity contribution is 5.99. The number of carbonyl (C=O) groups excluding carboxylic acids is 1. The molecule has 26 heavy (non-hydrogen) atoms. The summed E-state index contributed by atoms with van der Waals surface area (Å²) in [6.07, 6.45) is 1.52. The monoisotopic (exact) mass is 359 g/mol. The van der Waals surface area contributed by atoms with Gasteiger partial charge in [0, 0.05) is 20.4 Å². The molecular formula is C20H22FNO4. The third-order valence-electron chi connectivity index (χ3n) is 4.11. The van der Waals surface area contributed by atoms with Gasteiger partial charge < -0.3 is 18.8 Å². The fourth-order valence-corrected chi connectivity index (χ4v) is 2.66. The molecule has 1 heterocycles. The molecule has 0 radical (unpaired) electrons. The number of hydrogen-bond acceptors (Lipinski definition) is 4. The van der Waals surface area contributed by atoms with E-state index >= 15 is 0 Å². The van der Waals surface area contributed by atoms with E-state index in [9.17, 15) is 9.18 Å². The van der Waals surface area contributed by atoms with Crippen LogP contribution in [0, 0.1) is 17.7 Å². The van der Waals surface area contributed by atoms with E-state index in [0.29, 0.717) is 0 Å². The minimum absolute atomic E-state index is 0.0967. The Hall–Kier alpha value is -2.46. The Bertz CT molecular complexity index is 800. The highest BCUT2D eigenvalue weighted by Gasteiger charge is 2.44. The van der Waals surface area contributed by atoms with Gasteiger partial charge in [-0.1, -0.05) is 36.3 Å². The predicted molar refractivity (Wildman–Crippen MR) is 95.1 cm³/mol. The van der Waals surface area contributed by atoms with Crippen molar-refractivity contribution in [2.75, 3.05) is 20.8 Å². The summed E-state index contributed by atoms with van der Waals surface area (Å²) >= 11 is 0. The van der Waals surface area contributed by atoms with Crippen molar-refractivity contribution in [2.45, 2.75) is 25.9 Å². The zero-order valence-corrected chi connectivity index (χ0v) is 15.3. The van der Waals surface area contributed by atoms with Gasteiger partial charge in [0.25, 0.3) is 5.78 Å². The molecule has 2 aromatic rings. The normalized spacial score (nSPS) is 12.3. The van der Waals surface area contributed by atoms with Crippen molar-refractivity contribution in [2.24, 2.45) is 0 Å². The van der Waals surface area contributed by atoms with Crippen molar-refractivity contribution in [3.8, 4) is 11.8 Å². The second-order valence-electron chi connectivity index (χ2n) is 5.52. The number of halogens is 1. The van der Waals surface area contributed by atoms with E-state index < -0.39 is 17.6 Å². The second-order valence-corrected chi connectivity index (χ2v) is 5.52. The van der Waals surface area contributed by atoms with Gasteiger partial charge in [0.05, 0.1) is 6.04 Å². The number of aromatic nitrogens is 1. The van der Waals surface area contributed by atoms with Crippen molar-refractivity contribution in [1.82, 2.24) is 4.57 Å². The van der Waals surface area contributed by atoms with E-state index in [1.807, 2.05) is 37.3 Å². The molecule has 138 valence electrons. The number of Topliss-reactive ketones (excluding diaryl/α,β-unsaturated/α-hetero) is 1. The van der Waals surface area contributed by atoms with Gasteiger partial charge in [-0.25, -0.2) is 4.39 Å². The molecule has 1 atom stereocenters. The molecule has 0 saturated carbocycles. The van der Waals surface area contributed by atoms with Gasteiger partial charge in [-0.05, 0) is 25.5 Å². The molecule has 0 N–H and O–H groups in total. The number of rotatable bonds is 8. The van der Waals surface area contributed by atoms with Crippen LogP contribution in [0.1, 0.15) is 35.9 Å². The molecule has 6 heteroatoms. The summed E-state index contributed by atoms with van der Waals surface area (Å²) in [6.45, 7) is 3.41. The van der Waals surface area contributed by atoms with Crippen LogP contribution in [0.2, 0.25) is 0 Å². The zero-order valence-electron chi connectivity index (χ0n) is 15.3. The van der Waals surface area contributed by atoms with E-state index in [4.69, 9.17) is 14.2 Å². The van der Waals surface area contributed by atoms with E-state index in [2.05, 4.69) is 11.8 Å². The summed E-state index contributed by atoms with van der Waals surface area (Å²) in [6, 6.07) is 10.4. The molecule has 0 aliphatic heterocycles. The summed E-state index contributed by atoms with van der Waals surface area (Å²) in [5.41, 5.74) is 0.741. The first-order chi connectivity index (χ1) is 12.5. The largest absolute Gasteiger partial charge is 0.353 e. The van der Waals surface area contributed by atoms with Gasteiger partial charge in [-0.2, -0.15) is 0 Å². The van der Waals surface area contributed by atoms with E-state index in [1.165, 1.54) is 31.0 Å². The van der Waals surface area contributed by atoms with Crippen LogP contribution in [0.25, 0.3) is 0 Å². The first-order valence-corrected chi connectivity index (χ1v) is 8.10. The molecule has 1 aromatic carbocycles. The van der Waals surface area contributed by atoms with E-state index in [1.54, 1.807) is 6.92 Å². The number of hydrogen-bond donors (Lipinski definition) is 0. The molecule has 0 aliphatic rings. The Morgan fingerprint density at radius 1 is 1.23 bits per heavy atom. The summed E-state index contributed by atoms with van der Waals surface area (Å²) in [5, 5.41) is 0. The van der Waals surface area contributed by atoms with Crippen LogP contribution in [-0.4, -0.2) is 37.1 Å². The first kappa shape index (κ1) is 19.9. The predicted octanol–water partition coefficient (Wildman–Crippen LogP) is 3.41. The van der Waals surface area contributed by atoms with Gasteiger partial charge in [0.15, 0.2) is 5.82 Å². The minimum Gasteiger partial charge on any atom is -0.335 e. The number of ketones is 1. The highest BCUT2D eigenvalue weighted by atomic mass is 19.1. The smallest absolute Gasteiger partial charge is 0.335 e. The van der Waals surface area contributed by atoms with Crippen molar-refractivity contribution in [1.29, 1.82) is 0 Å². The number of benzene rings is 1. The Kier molecular flexibility index (Phi) is 6.70. The van der Waals surface area contributed by atoms with E-state index in [0.717, 1.165) is 5.56 Å². The minimum atomic E-state index is -2.07. The molecule has 0 unspecified atom stereocenters. The molecular weight excluding hydrogens is 337 g/mol. The van der Waals surface area contributed by atoms with Crippen molar-refractivity contribution in [3.63, 3.8) is 0 Å². The van der Waals surface area contributed by atoms with Crippen LogP contribution in [-0.2, 0) is 14.2 Å². The van der Waals surface area contributed by atoms with Gasteiger partial charge in [0.2, 0.25) is 0 Å². The maximum absolute atomic E-state index is 14.5. The van der Waals surface area contributed by atoms with E-state index in [-0.39, 0.29) is 18.3 Å². The molecule has 0 spiro atoms. The lowest BCUT2D eigenvalue weighted by atomic mass is 10.1. The fourth-order valence-electron chi connectivity index (χ4n) is 2.66. The SMILES string of the molecule is CC#CCOC(OC)(OC)C(=O)c1c(F)ccn1[C@H](C)c1ccccc1. The van der Waals surface area contributed by atoms with Gasteiger partial charge in [-0.15, -0.1) is 5.92 Å². The Labute approximate surface area is 152 Å². The molecule has 0 saturated heterocycles. The third kappa shape index (κ3) is 3.86. The molecule has 0 fully saturated rings. The maximum atomic E-state index is 14.5. The quantitative estimate of drug-likeness (QED) is 0.412. The topological polar surface area (TPSA) is 49.7 Å². The van der Waals surface area contributed by atoms with Crippen LogP contribution in [0.4, 0.5) is 4.39 Å². The maximum Gasteiger partial charge on any atom is 0.353 e. The van der Waals surface area contributed by atoms with Crippen LogP contribution in [0.15, 0.2) is 42.6 Å². The summed E-state index contributed by atoms with van der Waals surface area (Å²) < 4.78 is 31.8. The van der Waals surface area contributed by atoms with Crippen molar-refractivity contribution in [3.05, 3.63) is 59.7 Å². The molecule has 5 nitrogen and oxygen atoms in total. The lowest BCUT2D eigenvalue weighted by Gasteiger charge is -2.29. The van der Waals surface area contributed by atoms with Crippen LogP contribution in [0.3, 0.4) is 0 Å². The third-order valence-corrected chi connectivity index (χ3v) is 4.11. The summed E-state index contributed by atoms with van der Waals surface area (Å²) in [7, 11) is 2.51. The second kappa shape index (κ2) is 8.77. The number of nitrogens with zero attached hydrogens (tertiary/aromatic N) is 1. The van der Waals surface area contributed by atoms with Crippen molar-refractivity contribution >= 4 is 5.78 Å². The fraction of sp³-hybridized carbons (Fsp3) is 0.350. The number of methoxy groups -OCH3 is 2. The highest BCUT2D eigenvalue weighted by Crippen LogP contribution is 2.27.